The summed E-state index contributed by atoms with van der Waals surface area (Å²) in [5.41, 5.74) is 0. The minimum absolute atomic E-state index is 0.0444. The number of hydrogen-bond donors (Lipinski definition) is 1. The van der Waals surface area contributed by atoms with Gasteiger partial charge in [-0.15, -0.1) is 0 Å². The van der Waals surface area contributed by atoms with Gasteiger partial charge in [0, 0.05) is 6.20 Å². The number of halogens is 1. The Labute approximate surface area is 93.8 Å². The molecule has 88 valence electrons. The maximum Gasteiger partial charge on any atom is 0.227 e. The molecule has 1 aromatic heterocycles. The monoisotopic (exact) mass is 226 g/mol. The van der Waals surface area contributed by atoms with Crippen LogP contribution in [0.2, 0.25) is 0 Å². The molecule has 0 bridgehead atoms. The van der Waals surface area contributed by atoms with Gasteiger partial charge in [0.1, 0.15) is 0 Å². The van der Waals surface area contributed by atoms with Gasteiger partial charge < -0.3 is 10.1 Å². The van der Waals surface area contributed by atoms with Crippen molar-refractivity contribution in [1.82, 2.24) is 4.98 Å². The van der Waals surface area contributed by atoms with Crippen LogP contribution in [0.1, 0.15) is 20.3 Å². The van der Waals surface area contributed by atoms with E-state index < -0.39 is 5.82 Å². The summed E-state index contributed by atoms with van der Waals surface area (Å²) < 4.78 is 18.3. The number of aromatic nitrogens is 1. The average Bonchev–Trinajstić information content (AvgIpc) is 2.21. The van der Waals surface area contributed by atoms with Crippen molar-refractivity contribution in [2.24, 2.45) is 0 Å². The summed E-state index contributed by atoms with van der Waals surface area (Å²) in [6, 6.07) is 2.71. The molecule has 5 heteroatoms. The second kappa shape index (κ2) is 6.17. The zero-order chi connectivity index (χ0) is 12.0. The Hall–Kier alpha value is -1.49. The van der Waals surface area contributed by atoms with E-state index in [2.05, 4.69) is 10.3 Å². The lowest BCUT2D eigenvalue weighted by molar-refractivity contribution is -0.117. The third-order valence-electron chi connectivity index (χ3n) is 1.80. The maximum atomic E-state index is 13.1. The molecule has 4 nitrogen and oxygen atoms in total. The first-order valence-electron chi connectivity index (χ1n) is 5.11. The van der Waals surface area contributed by atoms with Crippen LogP contribution >= 0.6 is 0 Å². The van der Waals surface area contributed by atoms with E-state index in [1.54, 1.807) is 0 Å². The first-order chi connectivity index (χ1) is 7.59. The van der Waals surface area contributed by atoms with Gasteiger partial charge in [0.25, 0.3) is 0 Å². The van der Waals surface area contributed by atoms with Crippen LogP contribution in [0, 0.1) is 5.82 Å². The van der Waals surface area contributed by atoms with E-state index in [0.29, 0.717) is 6.61 Å². The van der Waals surface area contributed by atoms with Gasteiger partial charge in [-0.05, 0) is 26.0 Å². The van der Waals surface area contributed by atoms with E-state index in [-0.39, 0.29) is 24.2 Å². The summed E-state index contributed by atoms with van der Waals surface area (Å²) in [7, 11) is 0. The van der Waals surface area contributed by atoms with Crippen LogP contribution in [0.25, 0.3) is 0 Å². The molecular formula is C11H15FN2O2. The predicted molar refractivity (Wildman–Crippen MR) is 58.5 cm³/mol. The first-order valence-corrected chi connectivity index (χ1v) is 5.11. The molecule has 0 saturated heterocycles. The van der Waals surface area contributed by atoms with E-state index in [1.165, 1.54) is 18.3 Å². The fourth-order valence-corrected chi connectivity index (χ4v) is 1.06. The number of carbonyl (C=O) groups excluding carboxylic acids is 1. The van der Waals surface area contributed by atoms with Gasteiger partial charge in [-0.1, -0.05) is 0 Å². The summed E-state index contributed by atoms with van der Waals surface area (Å²) in [6.45, 7) is 4.09. The van der Waals surface area contributed by atoms with Crippen molar-refractivity contribution >= 4 is 11.7 Å². The lowest BCUT2D eigenvalue weighted by Gasteiger charge is -2.07. The number of ether oxygens (including phenoxy) is 1. The molecule has 0 atom stereocenters. The highest BCUT2D eigenvalue weighted by Gasteiger charge is 2.07. The standard InChI is InChI=1S/C11H15FN2O2/c1-8(2)16-7-5-10(15)14-11-9(12)4-3-6-13-11/h3-4,6,8H,5,7H2,1-2H3,(H,13,14,15). The zero-order valence-electron chi connectivity index (χ0n) is 9.37. The van der Waals surface area contributed by atoms with Crippen molar-refractivity contribution in [3.63, 3.8) is 0 Å². The van der Waals surface area contributed by atoms with Gasteiger partial charge in [-0.2, -0.15) is 0 Å². The Bertz CT molecular complexity index is 356. The lowest BCUT2D eigenvalue weighted by atomic mass is 10.4. The van der Waals surface area contributed by atoms with Crippen LogP contribution in [0.4, 0.5) is 10.2 Å². The van der Waals surface area contributed by atoms with Crippen molar-refractivity contribution in [2.45, 2.75) is 26.4 Å². The smallest absolute Gasteiger partial charge is 0.227 e. The number of carbonyl (C=O) groups is 1. The molecule has 0 aromatic carbocycles. The Morgan fingerprint density at radius 2 is 2.38 bits per heavy atom. The van der Waals surface area contributed by atoms with Gasteiger partial charge in [0.2, 0.25) is 5.91 Å². The number of amides is 1. The highest BCUT2D eigenvalue weighted by molar-refractivity contribution is 5.89. The van der Waals surface area contributed by atoms with Crippen LogP contribution in [-0.4, -0.2) is 23.6 Å². The Morgan fingerprint density at radius 1 is 1.62 bits per heavy atom. The van der Waals surface area contributed by atoms with Gasteiger partial charge in [0.15, 0.2) is 11.6 Å². The Balaban J connectivity index is 2.37. The third kappa shape index (κ3) is 4.35. The molecule has 1 N–H and O–H groups in total. The molecule has 0 unspecified atom stereocenters. The van der Waals surface area contributed by atoms with E-state index in [1.807, 2.05) is 13.8 Å². The van der Waals surface area contributed by atoms with Crippen molar-refractivity contribution in [2.75, 3.05) is 11.9 Å². The van der Waals surface area contributed by atoms with Gasteiger partial charge in [-0.3, -0.25) is 4.79 Å². The van der Waals surface area contributed by atoms with Gasteiger partial charge in [0.05, 0.1) is 19.1 Å². The number of nitrogens with zero attached hydrogens (tertiary/aromatic N) is 1. The maximum absolute atomic E-state index is 13.1. The topological polar surface area (TPSA) is 51.2 Å². The highest BCUT2D eigenvalue weighted by Crippen LogP contribution is 2.08. The van der Waals surface area contributed by atoms with E-state index in [4.69, 9.17) is 4.74 Å². The molecule has 0 saturated carbocycles. The normalized spacial score (nSPS) is 10.5. The SMILES string of the molecule is CC(C)OCCC(=O)Nc1ncccc1F. The summed E-state index contributed by atoms with van der Waals surface area (Å²) >= 11 is 0. The van der Waals surface area contributed by atoms with Crippen molar-refractivity contribution in [3.05, 3.63) is 24.1 Å². The van der Waals surface area contributed by atoms with Crippen molar-refractivity contribution in [3.8, 4) is 0 Å². The van der Waals surface area contributed by atoms with Gasteiger partial charge in [-0.25, -0.2) is 9.37 Å². The molecule has 1 aromatic rings. The minimum atomic E-state index is -0.541. The minimum Gasteiger partial charge on any atom is -0.378 e. The second-order valence-electron chi connectivity index (χ2n) is 3.55. The van der Waals surface area contributed by atoms with E-state index >= 15 is 0 Å². The zero-order valence-corrected chi connectivity index (χ0v) is 9.37. The van der Waals surface area contributed by atoms with Crippen LogP contribution in [0.3, 0.4) is 0 Å². The van der Waals surface area contributed by atoms with E-state index in [9.17, 15) is 9.18 Å². The second-order valence-corrected chi connectivity index (χ2v) is 3.55. The van der Waals surface area contributed by atoms with Crippen molar-refractivity contribution in [1.29, 1.82) is 0 Å². The molecular weight excluding hydrogens is 211 g/mol. The molecule has 16 heavy (non-hydrogen) atoms. The molecule has 1 heterocycles. The first kappa shape index (κ1) is 12.6. The summed E-state index contributed by atoms with van der Waals surface area (Å²) in [6.07, 6.45) is 1.69. The van der Waals surface area contributed by atoms with Crippen LogP contribution < -0.4 is 5.32 Å². The molecule has 0 aliphatic carbocycles. The quantitative estimate of drug-likeness (QED) is 0.835. The summed E-state index contributed by atoms with van der Waals surface area (Å²) in [5, 5.41) is 2.38. The molecule has 1 amide bonds. The number of hydrogen-bond acceptors (Lipinski definition) is 3. The summed E-state index contributed by atoms with van der Waals surface area (Å²) in [5.74, 6) is -0.893. The Morgan fingerprint density at radius 3 is 3.00 bits per heavy atom. The number of nitrogens with one attached hydrogen (secondary N) is 1. The molecule has 1 rings (SSSR count). The molecule has 0 fully saturated rings. The fourth-order valence-electron chi connectivity index (χ4n) is 1.06. The molecule has 0 spiro atoms. The molecule has 0 radical (unpaired) electrons. The Kier molecular flexibility index (Phi) is 4.85. The summed E-state index contributed by atoms with van der Waals surface area (Å²) in [4.78, 5) is 15.1. The average molecular weight is 226 g/mol. The van der Waals surface area contributed by atoms with E-state index in [0.717, 1.165) is 0 Å². The molecule has 0 aliphatic heterocycles. The number of anilines is 1. The van der Waals surface area contributed by atoms with Crippen LogP contribution in [0.15, 0.2) is 18.3 Å². The highest BCUT2D eigenvalue weighted by atomic mass is 19.1. The fraction of sp³-hybridized carbons (Fsp3) is 0.455. The number of pyridine rings is 1. The largest absolute Gasteiger partial charge is 0.378 e. The van der Waals surface area contributed by atoms with Gasteiger partial charge >= 0.3 is 0 Å². The lowest BCUT2D eigenvalue weighted by Crippen LogP contribution is -2.17. The molecule has 0 aliphatic rings. The van der Waals surface area contributed by atoms with Crippen molar-refractivity contribution < 1.29 is 13.9 Å². The van der Waals surface area contributed by atoms with Crippen LogP contribution in [0.5, 0.6) is 0 Å². The predicted octanol–water partition coefficient (Wildman–Crippen LogP) is 1.97. The number of rotatable bonds is 5. The van der Waals surface area contributed by atoms with Crippen LogP contribution in [-0.2, 0) is 9.53 Å². The third-order valence-corrected chi connectivity index (χ3v) is 1.80.